The quantitative estimate of drug-likeness (QED) is 0.322. The summed E-state index contributed by atoms with van der Waals surface area (Å²) >= 11 is 6.08. The van der Waals surface area contributed by atoms with E-state index in [-0.39, 0.29) is 22.1 Å². The van der Waals surface area contributed by atoms with E-state index in [2.05, 4.69) is 35.8 Å². The number of tetrazole rings is 1. The molecule has 170 valence electrons. The standard InChI is InChI=1S/C21H14ClN7O4S/c22-12-6-8-17(15(10-12)20-24-28-29-25-20)23-21(30)19-16-11-13(7-9-18(16)33-26-19)27-34(31,32)14-4-2-1-3-5-14/h1-11,27H,(H,23,30)(H,24,25,28,29). The Bertz CT molecular complexity index is 1600. The lowest BCUT2D eigenvalue weighted by molar-refractivity contribution is 0.102. The molecular weight excluding hydrogens is 482 g/mol. The van der Waals surface area contributed by atoms with Crippen LogP contribution in [0.5, 0.6) is 0 Å². The minimum absolute atomic E-state index is 0.0372. The number of nitrogens with one attached hydrogen (secondary N) is 3. The number of aromatic nitrogens is 5. The molecule has 0 radical (unpaired) electrons. The molecule has 2 heterocycles. The average molecular weight is 496 g/mol. The van der Waals surface area contributed by atoms with Gasteiger partial charge in [-0.3, -0.25) is 9.52 Å². The molecule has 0 bridgehead atoms. The first kappa shape index (κ1) is 21.6. The number of aromatic amines is 1. The summed E-state index contributed by atoms with van der Waals surface area (Å²) in [4.78, 5) is 13.2. The van der Waals surface area contributed by atoms with Gasteiger partial charge in [-0.05, 0) is 53.7 Å². The van der Waals surface area contributed by atoms with Crippen molar-refractivity contribution in [3.63, 3.8) is 0 Å². The number of benzene rings is 3. The average Bonchev–Trinajstić information content (AvgIpc) is 3.51. The summed E-state index contributed by atoms with van der Waals surface area (Å²) in [6, 6.07) is 17.2. The number of halogens is 1. The number of nitrogens with zero attached hydrogens (tertiary/aromatic N) is 4. The second kappa shape index (κ2) is 8.57. The molecule has 3 N–H and O–H groups in total. The summed E-state index contributed by atoms with van der Waals surface area (Å²) in [6.07, 6.45) is 0. The predicted molar refractivity (Wildman–Crippen MR) is 124 cm³/mol. The molecule has 5 aromatic rings. The zero-order valence-electron chi connectivity index (χ0n) is 17.1. The number of fused-ring (bicyclic) bond motifs is 1. The van der Waals surface area contributed by atoms with Gasteiger partial charge in [0.1, 0.15) is 0 Å². The zero-order valence-corrected chi connectivity index (χ0v) is 18.6. The smallest absolute Gasteiger partial charge is 0.278 e. The molecule has 0 fully saturated rings. The van der Waals surface area contributed by atoms with Gasteiger partial charge in [0.15, 0.2) is 11.3 Å². The second-order valence-electron chi connectivity index (χ2n) is 7.04. The molecule has 13 heteroatoms. The van der Waals surface area contributed by atoms with Crippen LogP contribution in [0.2, 0.25) is 5.02 Å². The summed E-state index contributed by atoms with van der Waals surface area (Å²) in [5, 5.41) is 21.0. The van der Waals surface area contributed by atoms with Gasteiger partial charge in [0.05, 0.1) is 16.0 Å². The Hall–Kier alpha value is -4.29. The number of amides is 1. The Labute approximate surface area is 197 Å². The van der Waals surface area contributed by atoms with E-state index in [9.17, 15) is 13.2 Å². The summed E-state index contributed by atoms with van der Waals surface area (Å²) < 4.78 is 33.1. The van der Waals surface area contributed by atoms with Crippen LogP contribution in [-0.4, -0.2) is 40.1 Å². The molecular formula is C21H14ClN7O4S. The highest BCUT2D eigenvalue weighted by molar-refractivity contribution is 7.92. The maximum atomic E-state index is 13.0. The van der Waals surface area contributed by atoms with Crippen molar-refractivity contribution in [2.45, 2.75) is 4.90 Å². The fourth-order valence-electron chi connectivity index (χ4n) is 3.25. The van der Waals surface area contributed by atoms with E-state index in [1.54, 1.807) is 36.4 Å². The van der Waals surface area contributed by atoms with E-state index in [1.165, 1.54) is 30.3 Å². The van der Waals surface area contributed by atoms with Crippen molar-refractivity contribution >= 4 is 49.9 Å². The van der Waals surface area contributed by atoms with Gasteiger partial charge in [0.25, 0.3) is 15.9 Å². The Balaban J connectivity index is 1.46. The SMILES string of the molecule is O=C(Nc1ccc(Cl)cc1-c1nn[nH]n1)c1noc2ccc(NS(=O)(=O)c3ccccc3)cc12. The van der Waals surface area contributed by atoms with Crippen molar-refractivity contribution in [3.8, 4) is 11.4 Å². The summed E-state index contributed by atoms with van der Waals surface area (Å²) in [5.74, 6) is -0.353. The number of anilines is 2. The fourth-order valence-corrected chi connectivity index (χ4v) is 4.49. The van der Waals surface area contributed by atoms with Crippen LogP contribution in [0.15, 0.2) is 76.1 Å². The van der Waals surface area contributed by atoms with E-state index in [1.807, 2.05) is 0 Å². The highest BCUT2D eigenvalue weighted by Crippen LogP contribution is 2.30. The molecule has 0 saturated heterocycles. The number of carbonyl (C=O) groups excluding carboxylic acids is 1. The molecule has 34 heavy (non-hydrogen) atoms. The Morgan fingerprint density at radius 2 is 1.85 bits per heavy atom. The molecule has 11 nitrogen and oxygen atoms in total. The van der Waals surface area contributed by atoms with E-state index in [0.717, 1.165) is 0 Å². The van der Waals surface area contributed by atoms with Crippen LogP contribution in [0.3, 0.4) is 0 Å². The van der Waals surface area contributed by atoms with Crippen LogP contribution < -0.4 is 10.0 Å². The number of hydrogen-bond donors (Lipinski definition) is 3. The molecule has 0 unspecified atom stereocenters. The fraction of sp³-hybridized carbons (Fsp3) is 0. The Kier molecular flexibility index (Phi) is 5.43. The molecule has 0 aliphatic rings. The first-order valence-electron chi connectivity index (χ1n) is 9.73. The van der Waals surface area contributed by atoms with E-state index in [4.69, 9.17) is 16.1 Å². The molecule has 0 aliphatic heterocycles. The van der Waals surface area contributed by atoms with Gasteiger partial charge < -0.3 is 9.84 Å². The van der Waals surface area contributed by atoms with E-state index in [0.29, 0.717) is 27.2 Å². The third-order valence-corrected chi connectivity index (χ3v) is 6.44. The van der Waals surface area contributed by atoms with Crippen molar-refractivity contribution in [1.82, 2.24) is 25.8 Å². The minimum Gasteiger partial charge on any atom is -0.355 e. The van der Waals surface area contributed by atoms with Gasteiger partial charge in [0, 0.05) is 16.3 Å². The topological polar surface area (TPSA) is 156 Å². The molecule has 5 rings (SSSR count). The summed E-state index contributed by atoms with van der Waals surface area (Å²) in [7, 11) is -3.82. The lowest BCUT2D eigenvalue weighted by Gasteiger charge is -2.09. The largest absolute Gasteiger partial charge is 0.355 e. The third kappa shape index (κ3) is 4.19. The van der Waals surface area contributed by atoms with Crippen LogP contribution in [-0.2, 0) is 10.0 Å². The zero-order chi connectivity index (χ0) is 23.7. The first-order chi connectivity index (χ1) is 16.4. The van der Waals surface area contributed by atoms with Gasteiger partial charge in [-0.25, -0.2) is 8.42 Å². The van der Waals surface area contributed by atoms with Crippen molar-refractivity contribution in [2.75, 3.05) is 10.0 Å². The number of hydrogen-bond acceptors (Lipinski definition) is 8. The van der Waals surface area contributed by atoms with Crippen molar-refractivity contribution < 1.29 is 17.7 Å². The summed E-state index contributed by atoms with van der Waals surface area (Å²) in [5.41, 5.74) is 1.33. The predicted octanol–water partition coefficient (Wildman–Crippen LogP) is 3.71. The lowest BCUT2D eigenvalue weighted by atomic mass is 10.1. The highest BCUT2D eigenvalue weighted by Gasteiger charge is 2.21. The number of carbonyl (C=O) groups is 1. The van der Waals surface area contributed by atoms with Crippen LogP contribution in [0.25, 0.3) is 22.4 Å². The van der Waals surface area contributed by atoms with Crippen molar-refractivity contribution in [2.24, 2.45) is 0 Å². The van der Waals surface area contributed by atoms with E-state index < -0.39 is 15.9 Å². The van der Waals surface area contributed by atoms with Crippen LogP contribution >= 0.6 is 11.6 Å². The minimum atomic E-state index is -3.82. The summed E-state index contributed by atoms with van der Waals surface area (Å²) in [6.45, 7) is 0. The number of sulfonamides is 1. The maximum Gasteiger partial charge on any atom is 0.278 e. The number of H-pyrrole nitrogens is 1. The second-order valence-corrected chi connectivity index (χ2v) is 9.16. The molecule has 0 spiro atoms. The van der Waals surface area contributed by atoms with Crippen molar-refractivity contribution in [1.29, 1.82) is 0 Å². The van der Waals surface area contributed by atoms with Gasteiger partial charge in [-0.2, -0.15) is 5.21 Å². The number of rotatable bonds is 6. The van der Waals surface area contributed by atoms with E-state index >= 15 is 0 Å². The maximum absolute atomic E-state index is 13.0. The van der Waals surface area contributed by atoms with Gasteiger partial charge in [-0.1, -0.05) is 35.0 Å². The first-order valence-corrected chi connectivity index (χ1v) is 11.6. The molecule has 2 aromatic heterocycles. The molecule has 3 aromatic carbocycles. The normalized spacial score (nSPS) is 11.4. The third-order valence-electron chi connectivity index (χ3n) is 4.81. The van der Waals surface area contributed by atoms with Crippen LogP contribution in [0, 0.1) is 0 Å². The van der Waals surface area contributed by atoms with Gasteiger partial charge in [-0.15, -0.1) is 10.2 Å². The Morgan fingerprint density at radius 3 is 2.62 bits per heavy atom. The molecule has 0 aliphatic carbocycles. The molecule has 0 saturated carbocycles. The lowest BCUT2D eigenvalue weighted by Crippen LogP contribution is -2.14. The Morgan fingerprint density at radius 1 is 1.03 bits per heavy atom. The molecule has 0 atom stereocenters. The van der Waals surface area contributed by atoms with Crippen LogP contribution in [0.4, 0.5) is 11.4 Å². The molecule has 1 amide bonds. The van der Waals surface area contributed by atoms with Gasteiger partial charge in [0.2, 0.25) is 5.82 Å². The van der Waals surface area contributed by atoms with Crippen molar-refractivity contribution in [3.05, 3.63) is 77.4 Å². The monoisotopic (exact) mass is 495 g/mol. The van der Waals surface area contributed by atoms with Gasteiger partial charge >= 0.3 is 0 Å². The van der Waals surface area contributed by atoms with Crippen LogP contribution in [0.1, 0.15) is 10.5 Å². The highest BCUT2D eigenvalue weighted by atomic mass is 35.5.